The van der Waals surface area contributed by atoms with E-state index in [0.717, 1.165) is 71.4 Å². The van der Waals surface area contributed by atoms with E-state index in [1.54, 1.807) is 13.0 Å². The molecule has 5 nitrogen and oxygen atoms in total. The number of hydrogen-bond donors (Lipinski definition) is 2. The second-order valence-electron chi connectivity index (χ2n) is 10.9. The van der Waals surface area contributed by atoms with Crippen molar-refractivity contribution in [3.63, 3.8) is 0 Å². The molecule has 0 spiro atoms. The number of carboxylic acid groups (broad SMARTS) is 1. The third-order valence-corrected chi connectivity index (χ3v) is 8.66. The molecule has 2 aliphatic carbocycles. The third-order valence-electron chi connectivity index (χ3n) is 8.34. The summed E-state index contributed by atoms with van der Waals surface area (Å²) in [6.45, 7) is 1.81. The monoisotopic (exact) mass is 596 g/mol. The van der Waals surface area contributed by atoms with Gasteiger partial charge in [-0.15, -0.1) is 0 Å². The van der Waals surface area contributed by atoms with Crippen molar-refractivity contribution in [2.45, 2.75) is 63.6 Å². The van der Waals surface area contributed by atoms with Gasteiger partial charge in [-0.2, -0.15) is 13.2 Å². The zero-order valence-corrected chi connectivity index (χ0v) is 23.9. The molecule has 0 aliphatic heterocycles. The molecule has 1 amide bonds. The molecule has 9 heteroatoms. The lowest BCUT2D eigenvalue weighted by Crippen LogP contribution is -2.51. The van der Waals surface area contributed by atoms with E-state index < -0.39 is 40.4 Å². The van der Waals surface area contributed by atoms with Gasteiger partial charge in [-0.3, -0.25) is 4.79 Å². The molecule has 1 unspecified atom stereocenters. The minimum absolute atomic E-state index is 0.201. The molecule has 1 saturated carbocycles. The standard InChI is InChI=1S/C33H32ClF3N2O3/c1-2-18-32(24-9-4-3-5-10-24,31(42)38-27-17-14-23(30(40)41)19-26(27)33(35,36)37)39-28-11-7-6-8-22(28)20-29(39)21-12-15-25(34)16-13-21/h2,6-8,11-12,14-15,17-20,24H,3-5,9-10,13,16H2,1H3,(H,38,42)(H,40,41)/b18-2-. The van der Waals surface area contributed by atoms with Gasteiger partial charge in [-0.25, -0.2) is 4.79 Å². The first kappa shape index (κ1) is 29.7. The van der Waals surface area contributed by atoms with Crippen molar-refractivity contribution in [3.05, 3.63) is 94.7 Å². The number of rotatable bonds is 7. The molecule has 0 saturated heterocycles. The Hall–Kier alpha value is -3.78. The minimum Gasteiger partial charge on any atom is -0.478 e. The number of nitrogens with zero attached hydrogens (tertiary/aromatic N) is 1. The first-order valence-electron chi connectivity index (χ1n) is 14.1. The molecule has 1 aromatic heterocycles. The molecule has 0 bridgehead atoms. The van der Waals surface area contributed by atoms with E-state index in [0.29, 0.717) is 18.9 Å². The van der Waals surface area contributed by atoms with E-state index in [9.17, 15) is 27.9 Å². The average Bonchev–Trinajstić information content (AvgIpc) is 3.36. The maximum absolute atomic E-state index is 14.7. The lowest BCUT2D eigenvalue weighted by Gasteiger charge is -2.42. The van der Waals surface area contributed by atoms with E-state index in [1.165, 1.54) is 0 Å². The fourth-order valence-electron chi connectivity index (χ4n) is 6.41. The van der Waals surface area contributed by atoms with Crippen molar-refractivity contribution >= 4 is 45.6 Å². The van der Waals surface area contributed by atoms with Gasteiger partial charge in [0.1, 0.15) is 5.54 Å². The molecule has 5 rings (SSSR count). The molecule has 2 aromatic carbocycles. The summed E-state index contributed by atoms with van der Waals surface area (Å²) in [5.41, 5.74) is -0.976. The second kappa shape index (κ2) is 11.8. The summed E-state index contributed by atoms with van der Waals surface area (Å²) in [6, 6.07) is 12.4. The highest BCUT2D eigenvalue weighted by atomic mass is 35.5. The molecule has 3 aromatic rings. The number of anilines is 1. The minimum atomic E-state index is -4.88. The number of fused-ring (bicyclic) bond motifs is 1. The smallest absolute Gasteiger partial charge is 0.418 e. The summed E-state index contributed by atoms with van der Waals surface area (Å²) >= 11 is 6.28. The maximum atomic E-state index is 14.7. The molecule has 1 fully saturated rings. The zero-order chi connectivity index (χ0) is 30.1. The Bertz CT molecular complexity index is 1610. The molecule has 2 N–H and O–H groups in total. The van der Waals surface area contributed by atoms with Crippen LogP contribution in [-0.2, 0) is 16.5 Å². The normalized spacial score (nSPS) is 18.0. The maximum Gasteiger partial charge on any atom is 0.418 e. The van der Waals surface area contributed by atoms with Crippen LogP contribution in [0.4, 0.5) is 18.9 Å². The SMILES string of the molecule is C/C=C\C(C(=O)Nc1ccc(C(=O)O)cc1C(F)(F)F)(C1CCCCC1)n1c(C2=CC=C(Cl)CC2)cc2ccccc21. The Labute approximate surface area is 247 Å². The molecular formula is C33H32ClF3N2O3. The Morgan fingerprint density at radius 2 is 1.76 bits per heavy atom. The molecular weight excluding hydrogens is 565 g/mol. The van der Waals surface area contributed by atoms with Gasteiger partial charge >= 0.3 is 12.1 Å². The van der Waals surface area contributed by atoms with Gasteiger partial charge < -0.3 is 15.0 Å². The van der Waals surface area contributed by atoms with Gasteiger partial charge in [-0.05, 0) is 80.5 Å². The van der Waals surface area contributed by atoms with Crippen LogP contribution in [0.25, 0.3) is 16.5 Å². The topological polar surface area (TPSA) is 71.3 Å². The summed E-state index contributed by atoms with van der Waals surface area (Å²) in [6.07, 6.45) is 8.07. The molecule has 0 radical (unpaired) electrons. The van der Waals surface area contributed by atoms with Gasteiger partial charge in [0.15, 0.2) is 0 Å². The van der Waals surface area contributed by atoms with Crippen molar-refractivity contribution in [1.29, 1.82) is 0 Å². The Morgan fingerprint density at radius 3 is 2.40 bits per heavy atom. The number of carbonyl (C=O) groups is 2. The quantitative estimate of drug-likeness (QED) is 0.267. The van der Waals surface area contributed by atoms with Crippen LogP contribution in [0.3, 0.4) is 0 Å². The Kier molecular flexibility index (Phi) is 8.37. The van der Waals surface area contributed by atoms with Crippen LogP contribution in [0.5, 0.6) is 0 Å². The van der Waals surface area contributed by atoms with Crippen molar-refractivity contribution in [1.82, 2.24) is 4.57 Å². The van der Waals surface area contributed by atoms with E-state index in [4.69, 9.17) is 11.6 Å². The van der Waals surface area contributed by atoms with Crippen LogP contribution >= 0.6 is 11.6 Å². The summed E-state index contributed by atoms with van der Waals surface area (Å²) < 4.78 is 44.5. The number of alkyl halides is 3. The fraction of sp³-hybridized carbons (Fsp3) is 0.333. The van der Waals surface area contributed by atoms with Crippen LogP contribution in [-0.4, -0.2) is 21.6 Å². The lowest BCUT2D eigenvalue weighted by molar-refractivity contribution is -0.137. The van der Waals surface area contributed by atoms with Crippen LogP contribution in [0.15, 0.2) is 77.9 Å². The number of aromatic carboxylic acids is 1. The molecule has 42 heavy (non-hydrogen) atoms. The number of amides is 1. The van der Waals surface area contributed by atoms with Crippen molar-refractivity contribution in [3.8, 4) is 0 Å². The largest absolute Gasteiger partial charge is 0.478 e. The molecule has 1 heterocycles. The van der Waals surface area contributed by atoms with Gasteiger partial charge in [0, 0.05) is 21.6 Å². The predicted octanol–water partition coefficient (Wildman–Crippen LogP) is 9.15. The molecule has 1 atom stereocenters. The number of hydrogen-bond acceptors (Lipinski definition) is 2. The van der Waals surface area contributed by atoms with Gasteiger partial charge in [-0.1, -0.05) is 67.3 Å². The number of halogens is 4. The number of aromatic nitrogens is 1. The van der Waals surface area contributed by atoms with Crippen molar-refractivity contribution in [2.75, 3.05) is 5.32 Å². The highest BCUT2D eigenvalue weighted by Gasteiger charge is 2.48. The van der Waals surface area contributed by atoms with E-state index in [1.807, 2.05) is 53.1 Å². The highest BCUT2D eigenvalue weighted by Crippen LogP contribution is 2.46. The first-order chi connectivity index (χ1) is 20.1. The zero-order valence-electron chi connectivity index (χ0n) is 23.2. The summed E-state index contributed by atoms with van der Waals surface area (Å²) in [4.78, 5) is 26.2. The van der Waals surface area contributed by atoms with Gasteiger partial charge in [0.2, 0.25) is 0 Å². The lowest BCUT2D eigenvalue weighted by atomic mass is 9.72. The second-order valence-corrected chi connectivity index (χ2v) is 11.4. The first-order valence-corrected chi connectivity index (χ1v) is 14.5. The number of carboxylic acids is 1. The Balaban J connectivity index is 1.76. The molecule has 2 aliphatic rings. The van der Waals surface area contributed by atoms with Gasteiger partial charge in [0.25, 0.3) is 5.91 Å². The van der Waals surface area contributed by atoms with E-state index in [-0.39, 0.29) is 5.92 Å². The summed E-state index contributed by atoms with van der Waals surface area (Å²) in [5.74, 6) is -2.29. The Morgan fingerprint density at radius 1 is 1.02 bits per heavy atom. The van der Waals surface area contributed by atoms with Crippen molar-refractivity contribution < 1.29 is 27.9 Å². The van der Waals surface area contributed by atoms with Crippen LogP contribution in [0.1, 0.15) is 73.5 Å². The number of nitrogens with one attached hydrogen (secondary N) is 1. The fourth-order valence-corrected chi connectivity index (χ4v) is 6.57. The number of carbonyl (C=O) groups excluding carboxylic acids is 1. The van der Waals surface area contributed by atoms with E-state index in [2.05, 4.69) is 5.32 Å². The summed E-state index contributed by atoms with van der Waals surface area (Å²) in [5, 5.41) is 13.6. The van der Waals surface area contributed by atoms with Crippen LogP contribution in [0.2, 0.25) is 0 Å². The predicted molar refractivity (Wildman–Crippen MR) is 159 cm³/mol. The van der Waals surface area contributed by atoms with Crippen molar-refractivity contribution in [2.24, 2.45) is 5.92 Å². The van der Waals surface area contributed by atoms with Crippen LogP contribution in [0, 0.1) is 5.92 Å². The van der Waals surface area contributed by atoms with Gasteiger partial charge in [0.05, 0.1) is 16.8 Å². The molecule has 220 valence electrons. The van der Waals surface area contributed by atoms with Crippen LogP contribution < -0.4 is 5.32 Å². The number of allylic oxidation sites excluding steroid dienone is 5. The average molecular weight is 597 g/mol. The number of para-hydroxylation sites is 1. The van der Waals surface area contributed by atoms with E-state index >= 15 is 0 Å². The highest BCUT2D eigenvalue weighted by molar-refractivity contribution is 6.30. The third kappa shape index (κ3) is 5.52. The number of benzene rings is 2. The summed E-state index contributed by atoms with van der Waals surface area (Å²) in [7, 11) is 0.